The maximum Gasteiger partial charge on any atom is 0.310 e. The molecule has 36 heavy (non-hydrogen) atoms. The summed E-state index contributed by atoms with van der Waals surface area (Å²) in [6, 6.07) is 0. The minimum Gasteiger partial charge on any atom is -0.481 e. The van der Waals surface area contributed by atoms with E-state index in [0.717, 1.165) is 0 Å². The van der Waals surface area contributed by atoms with E-state index in [1.165, 1.54) is 19.9 Å². The Morgan fingerprint density at radius 1 is 1.22 bits per heavy atom. The van der Waals surface area contributed by atoms with Gasteiger partial charge in [0.05, 0.1) is 18.9 Å². The molecule has 11 heteroatoms. The Hall–Kier alpha value is -2.69. The first-order valence-corrected chi connectivity index (χ1v) is 12.1. The Kier molecular flexibility index (Phi) is 11.6. The Morgan fingerprint density at radius 2 is 1.94 bits per heavy atom. The Labute approximate surface area is 214 Å². The molecule has 10 nitrogen and oxygen atoms in total. The lowest BCUT2D eigenvalue weighted by Crippen LogP contribution is -2.37. The van der Waals surface area contributed by atoms with Crippen molar-refractivity contribution in [3.05, 3.63) is 34.4 Å². The summed E-state index contributed by atoms with van der Waals surface area (Å²) in [5.41, 5.74) is 0.832. The fourth-order valence-electron chi connectivity index (χ4n) is 4.07. The van der Waals surface area contributed by atoms with E-state index in [-0.39, 0.29) is 25.6 Å². The summed E-state index contributed by atoms with van der Waals surface area (Å²) in [4.78, 5) is 46.9. The SMILES string of the molecule is CC(=O)OC/C1=C/C/C=C(\Cl)CC[C@@H]2C[C@@H](OC(=O)C[C@H]1OC(C)=O)[C@@H]([C@H](O)/C=C(\C)CC(=O)O)O2. The van der Waals surface area contributed by atoms with E-state index in [2.05, 4.69) is 0 Å². The van der Waals surface area contributed by atoms with Crippen LogP contribution in [0.1, 0.15) is 59.3 Å². The minimum atomic E-state index is -1.21. The van der Waals surface area contributed by atoms with Crippen molar-refractivity contribution in [2.75, 3.05) is 6.61 Å². The van der Waals surface area contributed by atoms with Crippen molar-refractivity contribution in [3.63, 3.8) is 0 Å². The van der Waals surface area contributed by atoms with E-state index >= 15 is 0 Å². The molecule has 0 unspecified atom stereocenters. The number of aliphatic hydroxyl groups excluding tert-OH is 1. The average Bonchev–Trinajstić information content (AvgIpc) is 3.15. The van der Waals surface area contributed by atoms with Gasteiger partial charge in [-0.2, -0.15) is 0 Å². The maximum absolute atomic E-state index is 12.9. The number of hydrogen-bond acceptors (Lipinski definition) is 9. The highest BCUT2D eigenvalue weighted by atomic mass is 35.5. The van der Waals surface area contributed by atoms with Gasteiger partial charge >= 0.3 is 23.9 Å². The quantitative estimate of drug-likeness (QED) is 0.287. The van der Waals surface area contributed by atoms with Gasteiger partial charge < -0.3 is 29.2 Å². The molecule has 200 valence electrons. The second kappa shape index (κ2) is 14.2. The highest BCUT2D eigenvalue weighted by Crippen LogP contribution is 2.31. The molecule has 2 N–H and O–H groups in total. The number of carboxylic acids is 1. The van der Waals surface area contributed by atoms with Crippen LogP contribution in [0.3, 0.4) is 0 Å². The molecule has 0 aromatic carbocycles. The third-order valence-corrected chi connectivity index (χ3v) is 6.00. The molecule has 2 bridgehead atoms. The van der Waals surface area contributed by atoms with Gasteiger partial charge in [0, 0.05) is 30.9 Å². The molecule has 0 aliphatic carbocycles. The number of carboxylic acid groups (broad SMARTS) is 1. The molecule has 1 fully saturated rings. The van der Waals surface area contributed by atoms with E-state index in [0.29, 0.717) is 41.9 Å². The summed E-state index contributed by atoms with van der Waals surface area (Å²) in [7, 11) is 0. The normalized spacial score (nSPS) is 29.5. The van der Waals surface area contributed by atoms with Gasteiger partial charge in [-0.05, 0) is 26.2 Å². The lowest BCUT2D eigenvalue weighted by molar-refractivity contribution is -0.159. The van der Waals surface area contributed by atoms with Gasteiger partial charge in [-0.3, -0.25) is 19.2 Å². The van der Waals surface area contributed by atoms with Crippen LogP contribution < -0.4 is 0 Å². The van der Waals surface area contributed by atoms with Crippen molar-refractivity contribution in [1.29, 1.82) is 0 Å². The van der Waals surface area contributed by atoms with Crippen LogP contribution in [-0.4, -0.2) is 71.2 Å². The number of carbonyl (C=O) groups excluding carboxylic acids is 3. The number of allylic oxidation sites excluding steroid dienone is 3. The zero-order valence-electron chi connectivity index (χ0n) is 20.6. The standard InChI is InChI=1S/C25H33ClO10/c1-14(10-23(30)31)9-20(29)25-22-11-19(35-25)8-7-18(26)6-4-5-17(13-33-15(2)27)21(34-16(3)28)12-24(32)36-22/h5-6,9,19-22,25,29H,4,7-8,10-13H2,1-3H3,(H,30,31)/b14-9+,17-5-,18-6-/t19-,20-,21-,22-,25-/m1/s1. The summed E-state index contributed by atoms with van der Waals surface area (Å²) in [6.45, 7) is 3.83. The van der Waals surface area contributed by atoms with Crippen LogP contribution in [0.4, 0.5) is 0 Å². The third kappa shape index (κ3) is 10.1. The first kappa shape index (κ1) is 29.5. The lowest BCUT2D eigenvalue weighted by atomic mass is 10.0. The fraction of sp³-hybridized carbons (Fsp3) is 0.600. The molecular weight excluding hydrogens is 496 g/mol. The molecule has 2 aliphatic rings. The highest BCUT2D eigenvalue weighted by molar-refractivity contribution is 6.29. The van der Waals surface area contributed by atoms with Gasteiger partial charge in [0.2, 0.25) is 0 Å². The second-order valence-electron chi connectivity index (χ2n) is 8.85. The molecule has 1 saturated heterocycles. The van der Waals surface area contributed by atoms with E-state index in [9.17, 15) is 24.3 Å². The van der Waals surface area contributed by atoms with Gasteiger partial charge in [0.1, 0.15) is 31.0 Å². The lowest BCUT2D eigenvalue weighted by Gasteiger charge is -2.24. The number of carbonyl (C=O) groups is 4. The minimum absolute atomic E-state index is 0.185. The molecule has 0 saturated carbocycles. The van der Waals surface area contributed by atoms with Gasteiger partial charge in [0.25, 0.3) is 0 Å². The van der Waals surface area contributed by atoms with E-state index in [1.54, 1.807) is 19.1 Å². The number of aliphatic carboxylic acids is 1. The van der Waals surface area contributed by atoms with Crippen molar-refractivity contribution >= 4 is 35.5 Å². The predicted octanol–water partition coefficient (Wildman–Crippen LogP) is 2.96. The Morgan fingerprint density at radius 3 is 2.58 bits per heavy atom. The second-order valence-corrected chi connectivity index (χ2v) is 9.33. The van der Waals surface area contributed by atoms with Gasteiger partial charge in [-0.1, -0.05) is 35.4 Å². The van der Waals surface area contributed by atoms with Gasteiger partial charge in [-0.25, -0.2) is 0 Å². The molecule has 2 heterocycles. The first-order chi connectivity index (χ1) is 16.9. The summed E-state index contributed by atoms with van der Waals surface area (Å²) < 4.78 is 22.1. The Balaban J connectivity index is 2.32. The Bertz CT molecular complexity index is 922. The van der Waals surface area contributed by atoms with E-state index in [1.807, 2.05) is 0 Å². The first-order valence-electron chi connectivity index (χ1n) is 11.7. The zero-order chi connectivity index (χ0) is 26.8. The summed E-state index contributed by atoms with van der Waals surface area (Å²) >= 11 is 6.36. The zero-order valence-corrected chi connectivity index (χ0v) is 21.4. The van der Waals surface area contributed by atoms with Crippen molar-refractivity contribution in [2.24, 2.45) is 0 Å². The molecule has 2 aliphatic heterocycles. The number of esters is 3. The third-order valence-electron chi connectivity index (χ3n) is 5.66. The molecule has 0 spiro atoms. The van der Waals surface area contributed by atoms with Crippen LogP contribution in [0.15, 0.2) is 34.4 Å². The average molecular weight is 529 g/mol. The maximum atomic E-state index is 12.9. The molecule has 2 rings (SSSR count). The van der Waals surface area contributed by atoms with E-state index in [4.69, 9.17) is 35.7 Å². The molecule has 0 amide bonds. The molecular formula is C25H33ClO10. The smallest absolute Gasteiger partial charge is 0.310 e. The number of rotatable bonds is 7. The van der Waals surface area contributed by atoms with Crippen LogP contribution in [0, 0.1) is 0 Å². The fourth-order valence-corrected chi connectivity index (χ4v) is 4.27. The molecule has 0 radical (unpaired) electrons. The van der Waals surface area contributed by atoms with Crippen LogP contribution >= 0.6 is 11.6 Å². The van der Waals surface area contributed by atoms with Crippen molar-refractivity contribution in [1.82, 2.24) is 0 Å². The van der Waals surface area contributed by atoms with Crippen molar-refractivity contribution < 1.29 is 48.3 Å². The summed E-state index contributed by atoms with van der Waals surface area (Å²) in [6.07, 6.45) is 1.55. The largest absolute Gasteiger partial charge is 0.481 e. The van der Waals surface area contributed by atoms with Gasteiger partial charge in [0.15, 0.2) is 0 Å². The van der Waals surface area contributed by atoms with Crippen LogP contribution in [0.5, 0.6) is 0 Å². The van der Waals surface area contributed by atoms with Crippen LogP contribution in [0.25, 0.3) is 0 Å². The molecule has 0 aromatic rings. The highest BCUT2D eigenvalue weighted by Gasteiger charge is 2.41. The number of hydrogen-bond donors (Lipinski definition) is 2. The van der Waals surface area contributed by atoms with Crippen molar-refractivity contribution in [2.45, 2.75) is 89.8 Å². The number of aliphatic hydroxyl groups is 1. The summed E-state index contributed by atoms with van der Waals surface area (Å²) in [5.74, 6) is -2.90. The number of fused-ring (bicyclic) bond motifs is 2. The molecule has 5 atom stereocenters. The topological polar surface area (TPSA) is 146 Å². The monoisotopic (exact) mass is 528 g/mol. The number of ether oxygens (including phenoxy) is 4. The van der Waals surface area contributed by atoms with Crippen LogP contribution in [-0.2, 0) is 38.1 Å². The number of halogens is 1. The van der Waals surface area contributed by atoms with Crippen LogP contribution in [0.2, 0.25) is 0 Å². The predicted molar refractivity (Wildman–Crippen MR) is 128 cm³/mol. The van der Waals surface area contributed by atoms with Gasteiger partial charge in [-0.15, -0.1) is 0 Å². The molecule has 0 aromatic heterocycles. The summed E-state index contributed by atoms with van der Waals surface area (Å²) in [5, 5.41) is 20.3. The van der Waals surface area contributed by atoms with Crippen molar-refractivity contribution in [3.8, 4) is 0 Å². The van der Waals surface area contributed by atoms with E-state index < -0.39 is 48.3 Å².